The second kappa shape index (κ2) is 3.66. The van der Waals surface area contributed by atoms with E-state index in [1.165, 1.54) is 0 Å². The molecule has 2 fully saturated rings. The lowest BCUT2D eigenvalue weighted by molar-refractivity contribution is 0.353. The fourth-order valence-corrected chi connectivity index (χ4v) is 3.49. The number of nitrogens with zero attached hydrogens (tertiary/aromatic N) is 3. The third-order valence-corrected chi connectivity index (χ3v) is 5.00. The van der Waals surface area contributed by atoms with Gasteiger partial charge in [-0.05, 0) is 18.8 Å². The van der Waals surface area contributed by atoms with Gasteiger partial charge in [-0.3, -0.25) is 9.58 Å². The Balaban J connectivity index is 1.80. The molecule has 0 N–H and O–H groups in total. The Bertz CT molecular complexity index is 419. The topological polar surface area (TPSA) is 21.1 Å². The maximum Gasteiger partial charge on any atom is 0.167 e. The summed E-state index contributed by atoms with van der Waals surface area (Å²) < 4.78 is 16.6. The van der Waals surface area contributed by atoms with Crippen molar-refractivity contribution in [3.63, 3.8) is 0 Å². The van der Waals surface area contributed by atoms with Crippen molar-refractivity contribution < 1.29 is 4.39 Å². The molecule has 3 nitrogen and oxygen atoms in total. The van der Waals surface area contributed by atoms with Crippen LogP contribution in [0.15, 0.2) is 0 Å². The van der Waals surface area contributed by atoms with Gasteiger partial charge in [0.15, 0.2) is 5.82 Å². The third kappa shape index (κ3) is 1.44. The van der Waals surface area contributed by atoms with Crippen molar-refractivity contribution in [1.29, 1.82) is 0 Å². The second-order valence-corrected chi connectivity index (χ2v) is 5.60. The van der Waals surface area contributed by atoms with Gasteiger partial charge in [0.05, 0.1) is 10.2 Å². The zero-order chi connectivity index (χ0) is 11.4. The first-order chi connectivity index (χ1) is 7.63. The van der Waals surface area contributed by atoms with Crippen LogP contribution in [0, 0.1) is 24.6 Å². The molecule has 2 unspecified atom stereocenters. The Morgan fingerprint density at radius 3 is 2.50 bits per heavy atom. The molecule has 88 valence electrons. The van der Waals surface area contributed by atoms with E-state index in [0.29, 0.717) is 29.1 Å². The summed E-state index contributed by atoms with van der Waals surface area (Å²) in [6, 6.07) is 0. The fraction of sp³-hybridized carbons (Fsp3) is 0.727. The molecule has 1 saturated carbocycles. The number of aryl methyl sites for hydroxylation is 1. The van der Waals surface area contributed by atoms with Crippen molar-refractivity contribution in [2.45, 2.75) is 12.8 Å². The summed E-state index contributed by atoms with van der Waals surface area (Å²) >= 11 is 2.39. The molecule has 0 amide bonds. The van der Waals surface area contributed by atoms with Crippen LogP contribution in [0.5, 0.6) is 0 Å². The number of halogens is 2. The summed E-state index contributed by atoms with van der Waals surface area (Å²) in [7, 11) is 1.82. The first-order valence-corrected chi connectivity index (χ1v) is 7.13. The van der Waals surface area contributed by atoms with Crippen molar-refractivity contribution in [1.82, 2.24) is 14.7 Å². The highest BCUT2D eigenvalue weighted by Gasteiger charge is 2.58. The molecule has 5 heteroatoms. The molecule has 1 aromatic heterocycles. The second-order valence-electron chi connectivity index (χ2n) is 4.92. The van der Waals surface area contributed by atoms with Crippen LogP contribution in [-0.4, -0.2) is 32.3 Å². The van der Waals surface area contributed by atoms with E-state index in [2.05, 4.69) is 32.6 Å². The van der Waals surface area contributed by atoms with Crippen molar-refractivity contribution in [3.8, 4) is 0 Å². The smallest absolute Gasteiger partial charge is 0.167 e. The predicted molar refractivity (Wildman–Crippen MR) is 68.1 cm³/mol. The fourth-order valence-electron chi connectivity index (χ4n) is 2.94. The molecule has 16 heavy (non-hydrogen) atoms. The van der Waals surface area contributed by atoms with Crippen LogP contribution in [-0.2, 0) is 7.05 Å². The molecule has 0 aromatic carbocycles. The van der Waals surface area contributed by atoms with E-state index >= 15 is 0 Å². The van der Waals surface area contributed by atoms with E-state index in [9.17, 15) is 4.39 Å². The lowest BCUT2D eigenvalue weighted by atomic mass is 10.2. The number of alkyl halides is 1. The average molecular weight is 335 g/mol. The minimum absolute atomic E-state index is 0.0806. The van der Waals surface area contributed by atoms with Crippen LogP contribution >= 0.6 is 22.6 Å². The van der Waals surface area contributed by atoms with E-state index in [-0.39, 0.29) is 5.82 Å². The lowest BCUT2D eigenvalue weighted by Crippen LogP contribution is -2.22. The summed E-state index contributed by atoms with van der Waals surface area (Å²) in [5.41, 5.74) is 1.37. The van der Waals surface area contributed by atoms with Crippen molar-refractivity contribution in [2.24, 2.45) is 18.9 Å². The summed E-state index contributed by atoms with van der Waals surface area (Å²) in [4.78, 5) is 2.43. The summed E-state index contributed by atoms with van der Waals surface area (Å²) in [5.74, 6) is 1.61. The molecule has 2 atom stereocenters. The van der Waals surface area contributed by atoms with Crippen molar-refractivity contribution >= 4 is 22.6 Å². The molecular weight excluding hydrogens is 320 g/mol. The number of hydrogen-bond acceptors (Lipinski definition) is 2. The standard InChI is InChI=1S/C11H15FIN3/c1-6-10(12)11(14-15(6)2)9-7-3-16(5-13)4-8(7)9/h7-9H,3-5H2,1-2H3. The van der Waals surface area contributed by atoms with Crippen molar-refractivity contribution in [2.75, 3.05) is 17.6 Å². The molecule has 2 aliphatic rings. The SMILES string of the molecule is Cc1c(F)c(C2C3CN(CI)CC32)nn1C. The highest BCUT2D eigenvalue weighted by molar-refractivity contribution is 14.1. The first kappa shape index (κ1) is 11.0. The predicted octanol–water partition coefficient (Wildman–Crippen LogP) is 1.91. The van der Waals surface area contributed by atoms with E-state index in [4.69, 9.17) is 0 Å². The van der Waals surface area contributed by atoms with Crippen LogP contribution in [0.3, 0.4) is 0 Å². The largest absolute Gasteiger partial charge is 0.294 e. The molecule has 1 aliphatic heterocycles. The number of rotatable bonds is 2. The van der Waals surface area contributed by atoms with Crippen LogP contribution < -0.4 is 0 Å². The molecule has 3 rings (SSSR count). The molecule has 0 spiro atoms. The minimum atomic E-state index is -0.0806. The van der Waals surface area contributed by atoms with Crippen LogP contribution in [0.1, 0.15) is 17.3 Å². The maximum atomic E-state index is 13.9. The Hall–Kier alpha value is -0.170. The zero-order valence-electron chi connectivity index (χ0n) is 9.45. The summed E-state index contributed by atoms with van der Waals surface area (Å²) in [6.45, 7) is 4.03. The van der Waals surface area contributed by atoms with Gasteiger partial charge in [-0.25, -0.2) is 4.39 Å². The van der Waals surface area contributed by atoms with Crippen LogP contribution in [0.2, 0.25) is 0 Å². The molecule has 0 bridgehead atoms. The van der Waals surface area contributed by atoms with Crippen molar-refractivity contribution in [3.05, 3.63) is 17.2 Å². The monoisotopic (exact) mass is 335 g/mol. The first-order valence-electron chi connectivity index (χ1n) is 5.60. The maximum absolute atomic E-state index is 13.9. The van der Waals surface area contributed by atoms with Gasteiger partial charge in [-0.2, -0.15) is 5.10 Å². The molecule has 0 radical (unpaired) electrons. The van der Waals surface area contributed by atoms with E-state index in [1.54, 1.807) is 11.6 Å². The quantitative estimate of drug-likeness (QED) is 0.468. The third-order valence-electron chi connectivity index (χ3n) is 4.04. The lowest BCUT2D eigenvalue weighted by Gasteiger charge is -2.14. The van der Waals surface area contributed by atoms with Gasteiger partial charge >= 0.3 is 0 Å². The molecule has 2 heterocycles. The number of aromatic nitrogens is 2. The normalized spacial score (nSPS) is 33.1. The van der Waals surface area contributed by atoms with E-state index in [1.807, 2.05) is 7.05 Å². The number of likely N-dealkylation sites (tertiary alicyclic amines) is 1. The van der Waals surface area contributed by atoms with Gasteiger partial charge in [-0.1, -0.05) is 22.6 Å². The van der Waals surface area contributed by atoms with Gasteiger partial charge in [0.1, 0.15) is 5.69 Å². The highest BCUT2D eigenvalue weighted by Crippen LogP contribution is 2.58. The molecule has 1 aliphatic carbocycles. The highest BCUT2D eigenvalue weighted by atomic mass is 127. The number of piperidine rings is 1. The van der Waals surface area contributed by atoms with Gasteiger partial charge in [0.2, 0.25) is 0 Å². The Morgan fingerprint density at radius 1 is 1.44 bits per heavy atom. The Labute approximate surface area is 108 Å². The van der Waals surface area contributed by atoms with Gasteiger partial charge in [0.25, 0.3) is 0 Å². The number of hydrogen-bond donors (Lipinski definition) is 0. The molecular formula is C11H15FIN3. The van der Waals surface area contributed by atoms with Crippen LogP contribution in [0.4, 0.5) is 4.39 Å². The molecule has 1 aromatic rings. The van der Waals surface area contributed by atoms with Gasteiger partial charge < -0.3 is 0 Å². The van der Waals surface area contributed by atoms with Gasteiger partial charge in [-0.15, -0.1) is 0 Å². The minimum Gasteiger partial charge on any atom is -0.294 e. The summed E-state index contributed by atoms with van der Waals surface area (Å²) in [5, 5.41) is 4.33. The van der Waals surface area contributed by atoms with E-state index < -0.39 is 0 Å². The zero-order valence-corrected chi connectivity index (χ0v) is 11.6. The summed E-state index contributed by atoms with van der Waals surface area (Å²) in [6.07, 6.45) is 0. The van der Waals surface area contributed by atoms with Gasteiger partial charge in [0, 0.05) is 26.1 Å². The average Bonchev–Trinajstić information content (AvgIpc) is 2.66. The van der Waals surface area contributed by atoms with E-state index in [0.717, 1.165) is 17.6 Å². The Morgan fingerprint density at radius 2 is 2.06 bits per heavy atom. The Kier molecular flexibility index (Phi) is 2.51. The number of fused-ring (bicyclic) bond motifs is 1. The van der Waals surface area contributed by atoms with Crippen LogP contribution in [0.25, 0.3) is 0 Å². The molecule has 1 saturated heterocycles.